The summed E-state index contributed by atoms with van der Waals surface area (Å²) in [5.74, 6) is 0.763. The third-order valence-corrected chi connectivity index (χ3v) is 4.34. The molecule has 0 aliphatic heterocycles. The lowest BCUT2D eigenvalue weighted by Gasteiger charge is -2.25. The van der Waals surface area contributed by atoms with Gasteiger partial charge in [-0.05, 0) is 30.9 Å². The van der Waals surface area contributed by atoms with E-state index < -0.39 is 0 Å². The van der Waals surface area contributed by atoms with Crippen molar-refractivity contribution in [2.75, 3.05) is 7.11 Å². The van der Waals surface area contributed by atoms with E-state index in [1.165, 1.54) is 0 Å². The summed E-state index contributed by atoms with van der Waals surface area (Å²) < 4.78 is 5.17. The number of carbonyl (C=O) groups is 1. The van der Waals surface area contributed by atoms with Gasteiger partial charge < -0.3 is 4.74 Å². The van der Waals surface area contributed by atoms with Gasteiger partial charge in [0.15, 0.2) is 5.78 Å². The average Bonchev–Trinajstić information content (AvgIpc) is 2.37. The second kappa shape index (κ2) is 5.50. The zero-order valence-electron chi connectivity index (χ0n) is 10.6. The van der Waals surface area contributed by atoms with Crippen molar-refractivity contribution in [3.8, 4) is 5.75 Å². The second-order valence-electron chi connectivity index (χ2n) is 4.63. The average molecular weight is 287 g/mol. The first-order valence-electron chi connectivity index (χ1n) is 6.19. The normalized spacial score (nSPS) is 18.7. The van der Waals surface area contributed by atoms with Crippen LogP contribution in [0.3, 0.4) is 0 Å². The number of Topliss-reactive ketones (excluding diaryl/α,β-unsaturated/α-hetero) is 1. The number of ether oxygens (including phenoxy) is 1. The molecule has 1 aliphatic carbocycles. The lowest BCUT2D eigenvalue weighted by molar-refractivity contribution is 0.0894. The largest absolute Gasteiger partial charge is 0.495 e. The molecule has 0 fully saturated rings. The molecule has 1 aliphatic rings. The van der Waals surface area contributed by atoms with Gasteiger partial charge in [-0.15, -0.1) is 0 Å². The molecular weight excluding hydrogens is 271 g/mol. The first kappa shape index (κ1) is 13.7. The zero-order valence-corrected chi connectivity index (χ0v) is 12.1. The summed E-state index contributed by atoms with van der Waals surface area (Å²) in [6.45, 7) is 2.09. The zero-order chi connectivity index (χ0) is 13.3. The summed E-state index contributed by atoms with van der Waals surface area (Å²) in [4.78, 5) is 12.4. The molecule has 98 valence electrons. The van der Waals surface area contributed by atoms with Gasteiger partial charge in [0.25, 0.3) is 0 Å². The molecule has 1 aromatic rings. The number of hydrogen-bond donors (Lipinski definition) is 0. The Labute approximate surface area is 117 Å². The van der Waals surface area contributed by atoms with Crippen LogP contribution in [0.5, 0.6) is 5.75 Å². The summed E-state index contributed by atoms with van der Waals surface area (Å²) >= 11 is 12.3. The third kappa shape index (κ3) is 2.24. The molecule has 2 nitrogen and oxygen atoms in total. The molecule has 0 radical (unpaired) electrons. The monoisotopic (exact) mass is 286 g/mol. The minimum atomic E-state index is 0.0875. The van der Waals surface area contributed by atoms with E-state index in [2.05, 4.69) is 6.92 Å². The fraction of sp³-hybridized carbons (Fsp3) is 0.500. The number of hydrogen-bond acceptors (Lipinski definition) is 2. The summed E-state index contributed by atoms with van der Waals surface area (Å²) in [5.41, 5.74) is 1.56. The Morgan fingerprint density at radius 2 is 2.11 bits per heavy atom. The summed E-state index contributed by atoms with van der Waals surface area (Å²) in [6, 6.07) is 1.84. The van der Waals surface area contributed by atoms with Gasteiger partial charge in [0.2, 0.25) is 0 Å². The van der Waals surface area contributed by atoms with Crippen molar-refractivity contribution in [1.82, 2.24) is 0 Å². The van der Waals surface area contributed by atoms with E-state index in [0.717, 1.165) is 31.2 Å². The van der Waals surface area contributed by atoms with E-state index in [9.17, 15) is 4.79 Å². The highest BCUT2D eigenvalue weighted by Gasteiger charge is 2.30. The summed E-state index contributed by atoms with van der Waals surface area (Å²) in [6.07, 6.45) is 3.67. The van der Waals surface area contributed by atoms with Crippen LogP contribution in [0.25, 0.3) is 0 Å². The molecule has 0 aromatic heterocycles. The predicted molar refractivity (Wildman–Crippen MR) is 74.1 cm³/mol. The lowest BCUT2D eigenvalue weighted by atomic mass is 9.80. The molecule has 4 heteroatoms. The molecule has 1 aromatic carbocycles. The Morgan fingerprint density at radius 3 is 2.72 bits per heavy atom. The van der Waals surface area contributed by atoms with Gasteiger partial charge in [-0.3, -0.25) is 4.79 Å². The standard InChI is InChI=1S/C14H16Cl2O2/c1-3-4-8-5-6-9-7-10(18-2)12(15)13(16)11(9)14(8)17/h7-8H,3-6H2,1-2H3. The second-order valence-corrected chi connectivity index (χ2v) is 5.39. The molecule has 0 N–H and O–H groups in total. The minimum Gasteiger partial charge on any atom is -0.495 e. The predicted octanol–water partition coefficient (Wildman–Crippen LogP) is 4.55. The van der Waals surface area contributed by atoms with Gasteiger partial charge in [-0.25, -0.2) is 0 Å². The molecule has 18 heavy (non-hydrogen) atoms. The molecule has 0 bridgehead atoms. The molecule has 1 unspecified atom stereocenters. The molecule has 2 rings (SSSR count). The van der Waals surface area contributed by atoms with Crippen LogP contribution in [0.1, 0.15) is 42.1 Å². The Balaban J connectivity index is 2.48. The Hall–Kier alpha value is -0.730. The fourth-order valence-electron chi connectivity index (χ4n) is 2.55. The summed E-state index contributed by atoms with van der Waals surface area (Å²) in [5, 5.41) is 0.681. The number of carbonyl (C=O) groups excluding carboxylic acids is 1. The highest BCUT2D eigenvalue weighted by molar-refractivity contribution is 6.45. The van der Waals surface area contributed by atoms with E-state index in [4.69, 9.17) is 27.9 Å². The number of methoxy groups -OCH3 is 1. The molecular formula is C14H16Cl2O2. The Bertz CT molecular complexity index is 483. The van der Waals surface area contributed by atoms with Crippen molar-refractivity contribution in [2.24, 2.45) is 5.92 Å². The fourth-order valence-corrected chi connectivity index (χ4v) is 3.09. The quantitative estimate of drug-likeness (QED) is 0.815. The van der Waals surface area contributed by atoms with Crippen LogP contribution in [0.2, 0.25) is 10.0 Å². The molecule has 1 atom stereocenters. The molecule has 0 spiro atoms. The number of ketones is 1. The first-order valence-corrected chi connectivity index (χ1v) is 6.94. The number of rotatable bonds is 3. The number of halogens is 2. The van der Waals surface area contributed by atoms with Gasteiger partial charge >= 0.3 is 0 Å². The van der Waals surface area contributed by atoms with Crippen molar-refractivity contribution in [2.45, 2.75) is 32.6 Å². The molecule has 0 saturated heterocycles. The van der Waals surface area contributed by atoms with Crippen LogP contribution < -0.4 is 4.74 Å². The third-order valence-electron chi connectivity index (χ3n) is 3.49. The smallest absolute Gasteiger partial charge is 0.167 e. The Morgan fingerprint density at radius 1 is 1.39 bits per heavy atom. The number of aryl methyl sites for hydroxylation is 1. The van der Waals surface area contributed by atoms with E-state index >= 15 is 0 Å². The maximum Gasteiger partial charge on any atom is 0.167 e. The van der Waals surface area contributed by atoms with Crippen molar-refractivity contribution >= 4 is 29.0 Å². The van der Waals surface area contributed by atoms with Crippen molar-refractivity contribution in [3.05, 3.63) is 27.2 Å². The highest BCUT2D eigenvalue weighted by Crippen LogP contribution is 2.41. The van der Waals surface area contributed by atoms with E-state index in [1.807, 2.05) is 6.07 Å². The van der Waals surface area contributed by atoms with Crippen molar-refractivity contribution in [1.29, 1.82) is 0 Å². The molecule has 0 amide bonds. The van der Waals surface area contributed by atoms with Gasteiger partial charge in [0.1, 0.15) is 10.8 Å². The van der Waals surface area contributed by atoms with Crippen LogP contribution >= 0.6 is 23.2 Å². The van der Waals surface area contributed by atoms with Crippen LogP contribution in [0, 0.1) is 5.92 Å². The maximum absolute atomic E-state index is 12.4. The SMILES string of the molecule is CCCC1CCc2cc(OC)c(Cl)c(Cl)c2C1=O. The molecule has 0 saturated carbocycles. The van der Waals surface area contributed by atoms with E-state index in [1.54, 1.807) is 7.11 Å². The van der Waals surface area contributed by atoms with Gasteiger partial charge in [0.05, 0.1) is 12.1 Å². The van der Waals surface area contributed by atoms with Crippen LogP contribution in [-0.2, 0) is 6.42 Å². The maximum atomic E-state index is 12.4. The topological polar surface area (TPSA) is 26.3 Å². The minimum absolute atomic E-state index is 0.0875. The van der Waals surface area contributed by atoms with Crippen molar-refractivity contribution in [3.63, 3.8) is 0 Å². The van der Waals surface area contributed by atoms with Crippen molar-refractivity contribution < 1.29 is 9.53 Å². The van der Waals surface area contributed by atoms with Gasteiger partial charge in [0, 0.05) is 11.5 Å². The van der Waals surface area contributed by atoms with Gasteiger partial charge in [-0.1, -0.05) is 36.5 Å². The Kier molecular flexibility index (Phi) is 4.18. The molecule has 0 heterocycles. The van der Waals surface area contributed by atoms with E-state index in [0.29, 0.717) is 21.4 Å². The number of benzene rings is 1. The van der Waals surface area contributed by atoms with Crippen LogP contribution in [0.4, 0.5) is 0 Å². The highest BCUT2D eigenvalue weighted by atomic mass is 35.5. The van der Waals surface area contributed by atoms with Crippen LogP contribution in [0.15, 0.2) is 6.07 Å². The number of fused-ring (bicyclic) bond motifs is 1. The first-order chi connectivity index (χ1) is 8.60. The van der Waals surface area contributed by atoms with Gasteiger partial charge in [-0.2, -0.15) is 0 Å². The summed E-state index contributed by atoms with van der Waals surface area (Å²) in [7, 11) is 1.55. The van der Waals surface area contributed by atoms with Crippen LogP contribution in [-0.4, -0.2) is 12.9 Å². The van der Waals surface area contributed by atoms with E-state index in [-0.39, 0.29) is 11.7 Å². The lowest BCUT2D eigenvalue weighted by Crippen LogP contribution is -2.23.